The molecule has 1 atom stereocenters. The highest BCUT2D eigenvalue weighted by atomic mass is 15.1. The van der Waals surface area contributed by atoms with Crippen LogP contribution in [0.3, 0.4) is 0 Å². The maximum absolute atomic E-state index is 2.30. The van der Waals surface area contributed by atoms with Crippen molar-refractivity contribution in [2.75, 3.05) is 14.1 Å². The summed E-state index contributed by atoms with van der Waals surface area (Å²) in [6, 6.07) is 0. The second kappa shape index (κ2) is 2.01. The first-order chi connectivity index (χ1) is 4.77. The van der Waals surface area contributed by atoms with Gasteiger partial charge in [0.25, 0.3) is 0 Å². The van der Waals surface area contributed by atoms with Crippen molar-refractivity contribution >= 4 is 0 Å². The third-order valence-electron chi connectivity index (χ3n) is 2.82. The monoisotopic (exact) mass is 137 g/mol. The molecule has 1 unspecified atom stereocenters. The lowest BCUT2D eigenvalue weighted by Gasteiger charge is -2.19. The van der Waals surface area contributed by atoms with Gasteiger partial charge in [0.05, 0.1) is 0 Å². The smallest absolute Gasteiger partial charge is 0.0122 e. The first kappa shape index (κ1) is 6.26. The van der Waals surface area contributed by atoms with Crippen LogP contribution in [-0.2, 0) is 0 Å². The number of nitrogens with zero attached hydrogens (tertiary/aromatic N) is 1. The minimum atomic E-state index is 1.02. The van der Waals surface area contributed by atoms with E-state index in [1.165, 1.54) is 25.7 Å². The Hall–Kier alpha value is -0.460. The van der Waals surface area contributed by atoms with Crippen LogP contribution in [0.4, 0.5) is 0 Å². The van der Waals surface area contributed by atoms with Crippen LogP contribution in [0.15, 0.2) is 11.3 Å². The van der Waals surface area contributed by atoms with Crippen molar-refractivity contribution in [2.24, 2.45) is 5.92 Å². The molecule has 0 aliphatic heterocycles. The van der Waals surface area contributed by atoms with Gasteiger partial charge in [-0.25, -0.2) is 0 Å². The van der Waals surface area contributed by atoms with Crippen LogP contribution >= 0.6 is 0 Å². The summed E-state index contributed by atoms with van der Waals surface area (Å²) in [5, 5.41) is 0. The molecular formula is C9H15N. The van der Waals surface area contributed by atoms with Gasteiger partial charge in [-0.1, -0.05) is 5.57 Å². The van der Waals surface area contributed by atoms with Gasteiger partial charge < -0.3 is 4.90 Å². The van der Waals surface area contributed by atoms with E-state index in [4.69, 9.17) is 0 Å². The molecule has 0 radical (unpaired) electrons. The van der Waals surface area contributed by atoms with Crippen molar-refractivity contribution in [2.45, 2.75) is 25.7 Å². The zero-order valence-electron chi connectivity index (χ0n) is 6.85. The van der Waals surface area contributed by atoms with Gasteiger partial charge in [0.15, 0.2) is 0 Å². The minimum absolute atomic E-state index is 1.02. The Morgan fingerprint density at radius 1 is 1.30 bits per heavy atom. The SMILES string of the molecule is CN(C)C1=C2CCC(C2)C1. The van der Waals surface area contributed by atoms with Crippen molar-refractivity contribution in [3.8, 4) is 0 Å². The van der Waals surface area contributed by atoms with Gasteiger partial charge in [-0.2, -0.15) is 0 Å². The molecule has 0 heterocycles. The van der Waals surface area contributed by atoms with Gasteiger partial charge in [-0.15, -0.1) is 0 Å². The van der Waals surface area contributed by atoms with E-state index in [1.807, 2.05) is 0 Å². The molecule has 2 aliphatic carbocycles. The number of hydrogen-bond donors (Lipinski definition) is 0. The Bertz CT molecular complexity index is 179. The summed E-state index contributed by atoms with van der Waals surface area (Å²) in [5.41, 5.74) is 3.38. The highest BCUT2D eigenvalue weighted by Gasteiger charge is 2.30. The van der Waals surface area contributed by atoms with Crippen LogP contribution in [0.5, 0.6) is 0 Å². The molecule has 0 aromatic carbocycles. The van der Waals surface area contributed by atoms with Crippen molar-refractivity contribution in [3.63, 3.8) is 0 Å². The lowest BCUT2D eigenvalue weighted by Crippen LogP contribution is -2.13. The Morgan fingerprint density at radius 2 is 2.10 bits per heavy atom. The molecule has 0 spiro atoms. The number of rotatable bonds is 1. The first-order valence-corrected chi connectivity index (χ1v) is 4.15. The molecule has 0 aromatic rings. The van der Waals surface area contributed by atoms with Crippen LogP contribution < -0.4 is 0 Å². The topological polar surface area (TPSA) is 3.24 Å². The maximum atomic E-state index is 2.30. The fourth-order valence-electron chi connectivity index (χ4n) is 2.28. The Balaban J connectivity index is 2.22. The Labute approximate surface area is 62.7 Å². The highest BCUT2D eigenvalue weighted by Crippen LogP contribution is 2.44. The molecule has 1 saturated carbocycles. The highest BCUT2D eigenvalue weighted by molar-refractivity contribution is 5.24. The van der Waals surface area contributed by atoms with Crippen LogP contribution in [0.2, 0.25) is 0 Å². The van der Waals surface area contributed by atoms with Crippen LogP contribution in [0.25, 0.3) is 0 Å². The van der Waals surface area contributed by atoms with Crippen molar-refractivity contribution < 1.29 is 0 Å². The van der Waals surface area contributed by atoms with Gasteiger partial charge in [-0.3, -0.25) is 0 Å². The second-order valence-electron chi connectivity index (χ2n) is 3.76. The average molecular weight is 137 g/mol. The predicted molar refractivity (Wildman–Crippen MR) is 42.7 cm³/mol. The third kappa shape index (κ3) is 0.764. The number of hydrogen-bond acceptors (Lipinski definition) is 1. The standard InChI is InChI=1S/C9H15N/c1-10(2)9-6-7-3-4-8(9)5-7/h7H,3-6H2,1-2H3. The van der Waals surface area contributed by atoms with E-state index < -0.39 is 0 Å². The van der Waals surface area contributed by atoms with E-state index in [-0.39, 0.29) is 0 Å². The van der Waals surface area contributed by atoms with Crippen molar-refractivity contribution in [1.82, 2.24) is 4.90 Å². The zero-order valence-corrected chi connectivity index (χ0v) is 6.85. The quantitative estimate of drug-likeness (QED) is 0.534. The van der Waals surface area contributed by atoms with E-state index in [2.05, 4.69) is 19.0 Å². The summed E-state index contributed by atoms with van der Waals surface area (Å²) in [7, 11) is 4.34. The molecule has 56 valence electrons. The summed E-state index contributed by atoms with van der Waals surface area (Å²) in [5.74, 6) is 1.02. The molecule has 1 nitrogen and oxygen atoms in total. The molecular weight excluding hydrogens is 122 g/mol. The molecule has 1 fully saturated rings. The summed E-state index contributed by atoms with van der Waals surface area (Å²) in [6.07, 6.45) is 5.63. The summed E-state index contributed by atoms with van der Waals surface area (Å²) >= 11 is 0. The molecule has 0 N–H and O–H groups in total. The number of allylic oxidation sites excluding steroid dienone is 2. The molecule has 2 aliphatic rings. The van der Waals surface area contributed by atoms with Gasteiger partial charge in [0, 0.05) is 19.8 Å². The first-order valence-electron chi connectivity index (χ1n) is 4.15. The van der Waals surface area contributed by atoms with Crippen LogP contribution in [0, 0.1) is 5.92 Å². The second-order valence-corrected chi connectivity index (χ2v) is 3.76. The molecule has 0 aromatic heterocycles. The molecule has 0 amide bonds. The van der Waals surface area contributed by atoms with E-state index >= 15 is 0 Å². The third-order valence-corrected chi connectivity index (χ3v) is 2.82. The lowest BCUT2D eigenvalue weighted by molar-refractivity contribution is 0.440. The van der Waals surface area contributed by atoms with Gasteiger partial charge in [0.2, 0.25) is 0 Å². The maximum Gasteiger partial charge on any atom is 0.0122 e. The molecule has 1 heteroatoms. The van der Waals surface area contributed by atoms with Gasteiger partial charge in [-0.05, 0) is 31.6 Å². The average Bonchev–Trinajstić information content (AvgIpc) is 2.44. The zero-order chi connectivity index (χ0) is 7.14. The van der Waals surface area contributed by atoms with Gasteiger partial charge in [0.1, 0.15) is 0 Å². The Kier molecular flexibility index (Phi) is 1.26. The van der Waals surface area contributed by atoms with Crippen molar-refractivity contribution in [3.05, 3.63) is 11.3 Å². The fraction of sp³-hybridized carbons (Fsp3) is 0.778. The minimum Gasteiger partial charge on any atom is -0.381 e. The van der Waals surface area contributed by atoms with E-state index in [9.17, 15) is 0 Å². The van der Waals surface area contributed by atoms with E-state index in [1.54, 1.807) is 11.3 Å². The Morgan fingerprint density at radius 3 is 2.40 bits per heavy atom. The normalized spacial score (nSPS) is 30.0. The van der Waals surface area contributed by atoms with Crippen molar-refractivity contribution in [1.29, 1.82) is 0 Å². The number of fused-ring (bicyclic) bond motifs is 2. The molecule has 2 rings (SSSR count). The van der Waals surface area contributed by atoms with Crippen LogP contribution in [-0.4, -0.2) is 19.0 Å². The lowest BCUT2D eigenvalue weighted by atomic mass is 10.0. The van der Waals surface area contributed by atoms with E-state index in [0.29, 0.717) is 0 Å². The largest absolute Gasteiger partial charge is 0.381 e. The summed E-state index contributed by atoms with van der Waals surface area (Å²) < 4.78 is 0. The fourth-order valence-corrected chi connectivity index (χ4v) is 2.28. The molecule has 0 saturated heterocycles. The summed E-state index contributed by atoms with van der Waals surface area (Å²) in [6.45, 7) is 0. The molecule has 10 heavy (non-hydrogen) atoms. The molecule has 2 bridgehead atoms. The van der Waals surface area contributed by atoms with E-state index in [0.717, 1.165) is 5.92 Å². The predicted octanol–water partition coefficient (Wildman–Crippen LogP) is 2.01. The summed E-state index contributed by atoms with van der Waals surface area (Å²) in [4.78, 5) is 2.30. The van der Waals surface area contributed by atoms with Gasteiger partial charge >= 0.3 is 0 Å². The van der Waals surface area contributed by atoms with Crippen LogP contribution in [0.1, 0.15) is 25.7 Å².